The summed E-state index contributed by atoms with van der Waals surface area (Å²) in [6.07, 6.45) is 6.97. The lowest BCUT2D eigenvalue weighted by Crippen LogP contribution is -2.35. The second-order valence-electron chi connectivity index (χ2n) is 8.13. The summed E-state index contributed by atoms with van der Waals surface area (Å²) in [6.45, 7) is 10.1. The molecule has 0 heterocycles. The molecule has 0 saturated heterocycles. The second kappa shape index (κ2) is 11.5. The Morgan fingerprint density at radius 1 is 1.00 bits per heavy atom. The van der Waals surface area contributed by atoms with E-state index in [4.69, 9.17) is 0 Å². The van der Waals surface area contributed by atoms with Crippen LogP contribution in [0.2, 0.25) is 0 Å². The molecule has 2 heteroatoms. The van der Waals surface area contributed by atoms with Crippen molar-refractivity contribution >= 4 is 12.0 Å². The Kier molecular flexibility index (Phi) is 9.00. The summed E-state index contributed by atoms with van der Waals surface area (Å²) >= 11 is 0. The monoisotopic (exact) mass is 377 g/mol. The van der Waals surface area contributed by atoms with E-state index < -0.39 is 0 Å². The van der Waals surface area contributed by atoms with Crippen molar-refractivity contribution in [1.29, 1.82) is 0 Å². The number of benzene rings is 2. The summed E-state index contributed by atoms with van der Waals surface area (Å²) in [7, 11) is 0. The zero-order valence-corrected chi connectivity index (χ0v) is 17.9. The van der Waals surface area contributed by atoms with Crippen molar-refractivity contribution < 1.29 is 4.79 Å². The summed E-state index contributed by atoms with van der Waals surface area (Å²) in [4.78, 5) is 15.1. The highest BCUT2D eigenvalue weighted by Crippen LogP contribution is 2.15. The molecule has 0 aliphatic heterocycles. The van der Waals surface area contributed by atoms with Crippen LogP contribution in [0.3, 0.4) is 0 Å². The van der Waals surface area contributed by atoms with Crippen LogP contribution in [0.25, 0.3) is 6.08 Å². The van der Waals surface area contributed by atoms with Crippen LogP contribution >= 0.6 is 0 Å². The standard InChI is InChI=1S/C26H35NO/c1-5-6-8-11-23-14-16-25(17-15-23)26(28)27(19-21(2)3)20-22(4)18-24-12-9-7-10-13-24/h7,9-10,12-18,21H,5-6,8,11,19-20H2,1-4H3/b22-18+. The molecule has 2 rings (SSSR count). The molecule has 0 atom stereocenters. The van der Waals surface area contributed by atoms with Crippen molar-refractivity contribution in [2.75, 3.05) is 13.1 Å². The molecule has 0 aliphatic carbocycles. The third kappa shape index (κ3) is 7.34. The first-order valence-corrected chi connectivity index (χ1v) is 10.6. The number of unbranched alkanes of at least 4 members (excludes halogenated alkanes) is 2. The van der Waals surface area contributed by atoms with Gasteiger partial charge in [-0.05, 0) is 48.9 Å². The molecule has 0 bridgehead atoms. The van der Waals surface area contributed by atoms with E-state index in [9.17, 15) is 4.79 Å². The van der Waals surface area contributed by atoms with Crippen molar-refractivity contribution in [2.24, 2.45) is 5.92 Å². The van der Waals surface area contributed by atoms with Crippen LogP contribution in [-0.4, -0.2) is 23.9 Å². The third-order valence-corrected chi connectivity index (χ3v) is 4.80. The van der Waals surface area contributed by atoms with E-state index in [1.807, 2.05) is 35.2 Å². The summed E-state index contributed by atoms with van der Waals surface area (Å²) in [6, 6.07) is 18.5. The van der Waals surface area contributed by atoms with Crippen LogP contribution < -0.4 is 0 Å². The van der Waals surface area contributed by atoms with Gasteiger partial charge in [0, 0.05) is 18.7 Å². The van der Waals surface area contributed by atoms with E-state index in [2.05, 4.69) is 58.0 Å². The largest absolute Gasteiger partial charge is 0.334 e. The average Bonchev–Trinajstić information content (AvgIpc) is 2.68. The Labute approximate surface area is 171 Å². The van der Waals surface area contributed by atoms with Gasteiger partial charge in [-0.15, -0.1) is 0 Å². The number of hydrogen-bond donors (Lipinski definition) is 0. The molecule has 0 aliphatic rings. The van der Waals surface area contributed by atoms with Gasteiger partial charge in [-0.3, -0.25) is 4.79 Å². The molecule has 2 nitrogen and oxygen atoms in total. The fourth-order valence-electron chi connectivity index (χ4n) is 3.42. The number of carbonyl (C=O) groups excluding carboxylic acids is 1. The van der Waals surface area contributed by atoms with Crippen molar-refractivity contribution in [3.8, 4) is 0 Å². The molecule has 28 heavy (non-hydrogen) atoms. The number of hydrogen-bond acceptors (Lipinski definition) is 1. The van der Waals surface area contributed by atoms with Gasteiger partial charge in [0.2, 0.25) is 0 Å². The molecule has 2 aromatic carbocycles. The van der Waals surface area contributed by atoms with E-state index in [1.54, 1.807) is 0 Å². The Hall–Kier alpha value is -2.35. The maximum atomic E-state index is 13.1. The summed E-state index contributed by atoms with van der Waals surface area (Å²) in [5.74, 6) is 0.552. The fourth-order valence-corrected chi connectivity index (χ4v) is 3.42. The maximum absolute atomic E-state index is 13.1. The number of carbonyl (C=O) groups is 1. The van der Waals surface area contributed by atoms with E-state index in [0.717, 1.165) is 18.5 Å². The molecular formula is C26H35NO. The first-order chi connectivity index (χ1) is 13.5. The zero-order chi connectivity index (χ0) is 20.4. The first kappa shape index (κ1) is 21.9. The Bertz CT molecular complexity index is 744. The van der Waals surface area contributed by atoms with Gasteiger partial charge in [-0.25, -0.2) is 0 Å². The minimum Gasteiger partial charge on any atom is -0.334 e. The lowest BCUT2D eigenvalue weighted by atomic mass is 10.0. The van der Waals surface area contributed by atoms with E-state index in [0.29, 0.717) is 12.5 Å². The number of rotatable bonds is 10. The summed E-state index contributed by atoms with van der Waals surface area (Å²) < 4.78 is 0. The van der Waals surface area contributed by atoms with Gasteiger partial charge < -0.3 is 4.90 Å². The number of nitrogens with zero attached hydrogens (tertiary/aromatic N) is 1. The van der Waals surface area contributed by atoms with E-state index in [1.165, 1.54) is 36.0 Å². The lowest BCUT2D eigenvalue weighted by molar-refractivity contribution is 0.0752. The predicted molar refractivity (Wildman–Crippen MR) is 121 cm³/mol. The van der Waals surface area contributed by atoms with Gasteiger partial charge in [0.1, 0.15) is 0 Å². The highest BCUT2D eigenvalue weighted by Gasteiger charge is 2.17. The van der Waals surface area contributed by atoms with Crippen molar-refractivity contribution in [3.05, 3.63) is 76.9 Å². The SMILES string of the molecule is CCCCCc1ccc(C(=O)N(C/C(C)=C/c2ccccc2)CC(C)C)cc1. The maximum Gasteiger partial charge on any atom is 0.254 e. The van der Waals surface area contributed by atoms with Crippen LogP contribution in [0, 0.1) is 5.92 Å². The highest BCUT2D eigenvalue weighted by atomic mass is 16.2. The van der Waals surface area contributed by atoms with Gasteiger partial charge >= 0.3 is 0 Å². The van der Waals surface area contributed by atoms with Gasteiger partial charge in [-0.1, -0.05) is 87.7 Å². The number of aryl methyl sites for hydroxylation is 1. The molecule has 0 fully saturated rings. The zero-order valence-electron chi connectivity index (χ0n) is 17.9. The molecule has 0 radical (unpaired) electrons. The topological polar surface area (TPSA) is 20.3 Å². The van der Waals surface area contributed by atoms with Gasteiger partial charge in [-0.2, -0.15) is 0 Å². The Balaban J connectivity index is 2.09. The molecule has 1 amide bonds. The van der Waals surface area contributed by atoms with E-state index >= 15 is 0 Å². The summed E-state index contributed by atoms with van der Waals surface area (Å²) in [5.41, 5.74) is 4.47. The normalized spacial score (nSPS) is 11.7. The Morgan fingerprint density at radius 2 is 1.68 bits per heavy atom. The highest BCUT2D eigenvalue weighted by molar-refractivity contribution is 5.94. The third-order valence-electron chi connectivity index (χ3n) is 4.80. The average molecular weight is 378 g/mol. The molecule has 150 valence electrons. The minimum absolute atomic E-state index is 0.120. The quantitative estimate of drug-likeness (QED) is 0.426. The first-order valence-electron chi connectivity index (χ1n) is 10.6. The van der Waals surface area contributed by atoms with Crippen molar-refractivity contribution in [1.82, 2.24) is 4.90 Å². The van der Waals surface area contributed by atoms with Crippen LogP contribution in [-0.2, 0) is 6.42 Å². The van der Waals surface area contributed by atoms with Crippen molar-refractivity contribution in [3.63, 3.8) is 0 Å². The molecule has 0 saturated carbocycles. The smallest absolute Gasteiger partial charge is 0.254 e. The van der Waals surface area contributed by atoms with Crippen LogP contribution in [0.5, 0.6) is 0 Å². The van der Waals surface area contributed by atoms with Gasteiger partial charge in [0.25, 0.3) is 5.91 Å². The van der Waals surface area contributed by atoms with E-state index in [-0.39, 0.29) is 5.91 Å². The Morgan fingerprint density at radius 3 is 2.29 bits per heavy atom. The summed E-state index contributed by atoms with van der Waals surface area (Å²) in [5, 5.41) is 0. The molecule has 0 unspecified atom stereocenters. The molecule has 2 aromatic rings. The predicted octanol–water partition coefficient (Wildman–Crippen LogP) is 6.62. The fraction of sp³-hybridized carbons (Fsp3) is 0.423. The van der Waals surface area contributed by atoms with Crippen LogP contribution in [0.1, 0.15) is 68.4 Å². The minimum atomic E-state index is 0.120. The van der Waals surface area contributed by atoms with Gasteiger partial charge in [0.15, 0.2) is 0 Å². The number of amides is 1. The van der Waals surface area contributed by atoms with Crippen LogP contribution in [0.15, 0.2) is 60.2 Å². The van der Waals surface area contributed by atoms with Crippen LogP contribution in [0.4, 0.5) is 0 Å². The molecule has 0 spiro atoms. The lowest BCUT2D eigenvalue weighted by Gasteiger charge is -2.25. The molecule has 0 aromatic heterocycles. The molecular weight excluding hydrogens is 342 g/mol. The van der Waals surface area contributed by atoms with Gasteiger partial charge in [0.05, 0.1) is 0 Å². The second-order valence-corrected chi connectivity index (χ2v) is 8.13. The molecule has 0 N–H and O–H groups in total. The van der Waals surface area contributed by atoms with Crippen molar-refractivity contribution in [2.45, 2.75) is 53.4 Å².